The second-order valence-corrected chi connectivity index (χ2v) is 10.0. The molecule has 1 N–H and O–H groups in total. The van der Waals surface area contributed by atoms with E-state index in [0.717, 1.165) is 21.5 Å². The second kappa shape index (κ2) is 11.9. The van der Waals surface area contributed by atoms with Gasteiger partial charge in [0.2, 0.25) is 5.91 Å². The first-order valence-electron chi connectivity index (χ1n) is 10.7. The van der Waals surface area contributed by atoms with Gasteiger partial charge in [-0.05, 0) is 19.1 Å². The molecule has 2 aromatic carbocycles. The Bertz CT molecular complexity index is 1410. The minimum atomic E-state index is -0.395. The molecule has 8 nitrogen and oxygen atoms in total. The fraction of sp³-hybridized carbons (Fsp3) is 0.208. The van der Waals surface area contributed by atoms with Crippen LogP contribution in [0.25, 0.3) is 21.5 Å². The van der Waals surface area contributed by atoms with Gasteiger partial charge in [-0.2, -0.15) is 4.99 Å². The number of aromatic nitrogens is 2. The average Bonchev–Trinajstić information content (AvgIpc) is 3.45. The third-order valence-corrected chi connectivity index (χ3v) is 7.41. The van der Waals surface area contributed by atoms with Gasteiger partial charge in [-0.25, -0.2) is 4.98 Å². The van der Waals surface area contributed by atoms with Crippen molar-refractivity contribution in [3.8, 4) is 11.3 Å². The van der Waals surface area contributed by atoms with Gasteiger partial charge in [0.1, 0.15) is 6.54 Å². The number of hydrogen-bond donors (Lipinski definition) is 1. The number of carbonyl (C=O) groups excluding carboxylic acids is 3. The summed E-state index contributed by atoms with van der Waals surface area (Å²) < 4.78 is 7.65. The van der Waals surface area contributed by atoms with E-state index in [9.17, 15) is 14.4 Å². The molecular weight excluding hydrogens is 504 g/mol. The number of carbonyl (C=O) groups is 3. The van der Waals surface area contributed by atoms with Crippen LogP contribution in [0.5, 0.6) is 0 Å². The lowest BCUT2D eigenvalue weighted by molar-refractivity contribution is -0.143. The molecule has 0 radical (unpaired) electrons. The van der Waals surface area contributed by atoms with Gasteiger partial charge in [0.15, 0.2) is 9.93 Å². The number of esters is 1. The number of nitrogens with zero attached hydrogens (tertiary/aromatic N) is 3. The zero-order valence-corrected chi connectivity index (χ0v) is 21.3. The van der Waals surface area contributed by atoms with Gasteiger partial charge in [-0.1, -0.05) is 53.8 Å². The predicted molar refractivity (Wildman–Crippen MR) is 141 cm³/mol. The number of ether oxygens (including phenoxy) is 1. The molecule has 180 valence electrons. The molecule has 0 bridgehead atoms. The van der Waals surface area contributed by atoms with Crippen LogP contribution in [0.3, 0.4) is 0 Å². The van der Waals surface area contributed by atoms with E-state index in [4.69, 9.17) is 4.74 Å². The Kier molecular flexibility index (Phi) is 8.45. The van der Waals surface area contributed by atoms with E-state index in [2.05, 4.69) is 15.3 Å². The quantitative estimate of drug-likeness (QED) is 0.328. The lowest BCUT2D eigenvalue weighted by Gasteiger charge is -2.05. The van der Waals surface area contributed by atoms with Crippen molar-refractivity contribution in [2.24, 2.45) is 4.99 Å². The zero-order chi connectivity index (χ0) is 24.6. The maximum Gasteiger partial charge on any atom is 0.326 e. The maximum absolute atomic E-state index is 12.5. The molecule has 0 aliphatic carbocycles. The summed E-state index contributed by atoms with van der Waals surface area (Å²) in [6, 6.07) is 17.2. The Morgan fingerprint density at radius 1 is 1.09 bits per heavy atom. The summed E-state index contributed by atoms with van der Waals surface area (Å²) in [6.07, 6.45) is 0. The van der Waals surface area contributed by atoms with Gasteiger partial charge in [-0.15, -0.1) is 23.1 Å². The number of fused-ring (bicyclic) bond motifs is 1. The van der Waals surface area contributed by atoms with E-state index < -0.39 is 5.97 Å². The monoisotopic (exact) mass is 526 g/mol. The molecule has 35 heavy (non-hydrogen) atoms. The van der Waals surface area contributed by atoms with Gasteiger partial charge in [-0.3, -0.25) is 14.4 Å². The lowest BCUT2D eigenvalue weighted by atomic mass is 10.2. The van der Waals surface area contributed by atoms with Crippen molar-refractivity contribution in [3.05, 3.63) is 64.8 Å². The summed E-state index contributed by atoms with van der Waals surface area (Å²) in [5.41, 5.74) is 2.58. The number of thiazole rings is 2. The number of rotatable bonds is 9. The first-order chi connectivity index (χ1) is 17.0. The van der Waals surface area contributed by atoms with Crippen LogP contribution in [0.1, 0.15) is 6.92 Å². The molecule has 2 heterocycles. The molecule has 2 aromatic heterocycles. The van der Waals surface area contributed by atoms with Crippen LogP contribution in [-0.2, 0) is 25.7 Å². The highest BCUT2D eigenvalue weighted by Crippen LogP contribution is 2.24. The fourth-order valence-electron chi connectivity index (χ4n) is 3.19. The van der Waals surface area contributed by atoms with Gasteiger partial charge in [0.05, 0.1) is 34.0 Å². The van der Waals surface area contributed by atoms with Crippen molar-refractivity contribution in [3.63, 3.8) is 0 Å². The Labute approximate surface area is 213 Å². The molecule has 4 aromatic rings. The van der Waals surface area contributed by atoms with E-state index in [-0.39, 0.29) is 36.5 Å². The average molecular weight is 527 g/mol. The SMILES string of the molecule is CCOC(=O)Cn1c(=NC(=O)CSCC(=O)Nc2nc(-c3ccccc3)cs2)sc2ccccc21. The number of anilines is 1. The van der Waals surface area contributed by atoms with Crippen molar-refractivity contribution in [2.45, 2.75) is 13.5 Å². The Morgan fingerprint density at radius 2 is 1.86 bits per heavy atom. The van der Waals surface area contributed by atoms with E-state index in [1.165, 1.54) is 34.4 Å². The van der Waals surface area contributed by atoms with Crippen molar-refractivity contribution in [1.29, 1.82) is 0 Å². The van der Waals surface area contributed by atoms with Gasteiger partial charge < -0.3 is 14.6 Å². The predicted octanol–water partition coefficient (Wildman–Crippen LogP) is 4.19. The van der Waals surface area contributed by atoms with Gasteiger partial charge >= 0.3 is 5.97 Å². The molecule has 0 atom stereocenters. The molecule has 0 saturated heterocycles. The van der Waals surface area contributed by atoms with Crippen LogP contribution in [0.4, 0.5) is 5.13 Å². The van der Waals surface area contributed by atoms with Crippen LogP contribution < -0.4 is 10.1 Å². The van der Waals surface area contributed by atoms with Crippen LogP contribution >= 0.6 is 34.4 Å². The molecule has 2 amide bonds. The van der Waals surface area contributed by atoms with Crippen molar-refractivity contribution in [2.75, 3.05) is 23.4 Å². The molecule has 11 heteroatoms. The summed E-state index contributed by atoms with van der Waals surface area (Å²) >= 11 is 3.85. The summed E-state index contributed by atoms with van der Waals surface area (Å²) in [6.45, 7) is 1.99. The molecule has 0 fully saturated rings. The van der Waals surface area contributed by atoms with E-state index in [1.54, 1.807) is 11.5 Å². The van der Waals surface area contributed by atoms with Crippen LogP contribution in [0.15, 0.2) is 65.0 Å². The van der Waals surface area contributed by atoms with Crippen molar-refractivity contribution >= 4 is 67.6 Å². The number of benzene rings is 2. The Hall–Kier alpha value is -3.28. The molecule has 0 unspecified atom stereocenters. The number of para-hydroxylation sites is 1. The van der Waals surface area contributed by atoms with E-state index >= 15 is 0 Å². The fourth-order valence-corrected chi connectivity index (χ4v) is 5.57. The number of amides is 2. The highest BCUT2D eigenvalue weighted by molar-refractivity contribution is 8.00. The van der Waals surface area contributed by atoms with Crippen LogP contribution in [-0.4, -0.2) is 45.4 Å². The molecule has 0 aliphatic rings. The van der Waals surface area contributed by atoms with Gasteiger partial charge in [0, 0.05) is 10.9 Å². The van der Waals surface area contributed by atoms with E-state index in [0.29, 0.717) is 9.93 Å². The summed E-state index contributed by atoms with van der Waals surface area (Å²) in [5, 5.41) is 5.16. The largest absolute Gasteiger partial charge is 0.465 e. The summed E-state index contributed by atoms with van der Waals surface area (Å²) in [7, 11) is 0. The maximum atomic E-state index is 12.5. The Balaban J connectivity index is 1.35. The number of thioether (sulfide) groups is 1. The lowest BCUT2D eigenvalue weighted by Crippen LogP contribution is -2.23. The molecule has 0 spiro atoms. The normalized spacial score (nSPS) is 11.5. The second-order valence-electron chi connectivity index (χ2n) is 7.19. The third-order valence-electron chi connectivity index (χ3n) is 4.68. The third kappa shape index (κ3) is 6.65. The first kappa shape index (κ1) is 24.8. The highest BCUT2D eigenvalue weighted by atomic mass is 32.2. The molecule has 4 rings (SSSR count). The van der Waals surface area contributed by atoms with Crippen LogP contribution in [0.2, 0.25) is 0 Å². The number of nitrogens with one attached hydrogen (secondary N) is 1. The number of hydrogen-bond acceptors (Lipinski definition) is 8. The van der Waals surface area contributed by atoms with Crippen molar-refractivity contribution in [1.82, 2.24) is 9.55 Å². The molecular formula is C24H22N4O4S3. The molecule has 0 aliphatic heterocycles. The standard InChI is InChI=1S/C24H22N4O4S3/c1-2-32-22(31)12-28-18-10-6-7-11-19(18)35-24(28)27-21(30)15-33-14-20(29)26-23-25-17(13-34-23)16-8-4-3-5-9-16/h3-11,13H,2,12,14-15H2,1H3,(H,25,26,29). The topological polar surface area (TPSA) is 103 Å². The zero-order valence-electron chi connectivity index (χ0n) is 18.8. The van der Waals surface area contributed by atoms with Gasteiger partial charge in [0.25, 0.3) is 5.91 Å². The minimum absolute atomic E-state index is 0.0295. The first-order valence-corrected chi connectivity index (χ1v) is 13.6. The summed E-state index contributed by atoms with van der Waals surface area (Å²) in [5.74, 6) is -0.887. The minimum Gasteiger partial charge on any atom is -0.465 e. The Morgan fingerprint density at radius 3 is 2.66 bits per heavy atom. The smallest absolute Gasteiger partial charge is 0.326 e. The van der Waals surface area contributed by atoms with Crippen LogP contribution in [0, 0.1) is 0 Å². The molecule has 0 saturated carbocycles. The van der Waals surface area contributed by atoms with Crippen molar-refractivity contribution < 1.29 is 19.1 Å². The highest BCUT2D eigenvalue weighted by Gasteiger charge is 2.13. The summed E-state index contributed by atoms with van der Waals surface area (Å²) in [4.78, 5) is 45.9. The van der Waals surface area contributed by atoms with E-state index in [1.807, 2.05) is 60.0 Å².